The fraction of sp³-hybridized carbons (Fsp3) is 0.600. The molecule has 3 atom stereocenters. The average Bonchev–Trinajstić information content (AvgIpc) is 3.05. The maximum absolute atomic E-state index is 9.61. The minimum absolute atomic E-state index is 0.0423. The lowest BCUT2D eigenvalue weighted by Crippen LogP contribution is -2.38. The Morgan fingerprint density at radius 3 is 2.50 bits per heavy atom. The first-order chi connectivity index (χ1) is 9.65. The molecule has 1 aromatic rings. The maximum atomic E-state index is 9.61. The van der Waals surface area contributed by atoms with Crippen molar-refractivity contribution < 1.29 is 5.11 Å². The Balaban J connectivity index is 1.73. The molecule has 3 N–H and O–H groups in total. The number of anilines is 1. The Hall–Kier alpha value is -0.640. The van der Waals surface area contributed by atoms with E-state index in [1.165, 1.54) is 32.1 Å². The standard InChI is InChI=1S/C15H20Cl2N2O/c16-11-7-9(8-12(17)15(11)20)19-14-4-1-3-10(14)13-5-2-6-18-13/h7-8,10,13-14,18-20H,1-6H2. The predicted octanol–water partition coefficient (Wildman–Crippen LogP) is 4.03. The van der Waals surface area contributed by atoms with Crippen LogP contribution in [0.25, 0.3) is 0 Å². The zero-order valence-corrected chi connectivity index (χ0v) is 12.8. The monoisotopic (exact) mass is 314 g/mol. The third kappa shape index (κ3) is 2.85. The molecule has 3 rings (SSSR count). The maximum Gasteiger partial charge on any atom is 0.152 e. The molecule has 1 saturated carbocycles. The van der Waals surface area contributed by atoms with Gasteiger partial charge >= 0.3 is 0 Å². The van der Waals surface area contributed by atoms with Gasteiger partial charge in [-0.3, -0.25) is 0 Å². The summed E-state index contributed by atoms with van der Waals surface area (Å²) in [6, 6.07) is 4.60. The summed E-state index contributed by atoms with van der Waals surface area (Å²) >= 11 is 12.0. The number of hydrogen-bond acceptors (Lipinski definition) is 3. The molecule has 3 nitrogen and oxygen atoms in total. The van der Waals surface area contributed by atoms with Gasteiger partial charge in [-0.15, -0.1) is 0 Å². The summed E-state index contributed by atoms with van der Waals surface area (Å²) in [7, 11) is 0. The molecule has 2 aliphatic rings. The van der Waals surface area contributed by atoms with Gasteiger partial charge in [-0.25, -0.2) is 0 Å². The number of aromatic hydroxyl groups is 1. The number of nitrogens with one attached hydrogen (secondary N) is 2. The molecule has 1 aliphatic carbocycles. The van der Waals surface area contributed by atoms with E-state index in [9.17, 15) is 5.11 Å². The van der Waals surface area contributed by atoms with Crippen LogP contribution in [0.5, 0.6) is 5.75 Å². The van der Waals surface area contributed by atoms with Crippen molar-refractivity contribution >= 4 is 28.9 Å². The van der Waals surface area contributed by atoms with Gasteiger partial charge in [0, 0.05) is 17.8 Å². The normalized spacial score (nSPS) is 29.8. The van der Waals surface area contributed by atoms with Crippen molar-refractivity contribution in [2.75, 3.05) is 11.9 Å². The van der Waals surface area contributed by atoms with E-state index in [0.29, 0.717) is 28.0 Å². The van der Waals surface area contributed by atoms with Crippen LogP contribution in [0.1, 0.15) is 32.1 Å². The number of hydrogen-bond donors (Lipinski definition) is 3. The predicted molar refractivity (Wildman–Crippen MR) is 83.9 cm³/mol. The second-order valence-electron chi connectivity index (χ2n) is 5.84. The van der Waals surface area contributed by atoms with Crippen molar-refractivity contribution in [1.82, 2.24) is 5.32 Å². The Morgan fingerprint density at radius 1 is 1.10 bits per heavy atom. The molecular formula is C15H20Cl2N2O. The van der Waals surface area contributed by atoms with Gasteiger partial charge in [-0.05, 0) is 50.3 Å². The zero-order chi connectivity index (χ0) is 14.1. The van der Waals surface area contributed by atoms with Crippen LogP contribution in [0.15, 0.2) is 12.1 Å². The third-order valence-electron chi connectivity index (χ3n) is 4.55. The van der Waals surface area contributed by atoms with Crippen molar-refractivity contribution in [3.05, 3.63) is 22.2 Å². The first-order valence-electron chi connectivity index (χ1n) is 7.33. The number of rotatable bonds is 3. The molecule has 3 unspecified atom stereocenters. The minimum Gasteiger partial charge on any atom is -0.505 e. The average molecular weight is 315 g/mol. The van der Waals surface area contributed by atoms with Gasteiger partial charge in [0.15, 0.2) is 5.75 Å². The Morgan fingerprint density at radius 2 is 1.85 bits per heavy atom. The molecule has 0 bridgehead atoms. The van der Waals surface area contributed by atoms with Crippen LogP contribution in [0.2, 0.25) is 10.0 Å². The van der Waals surface area contributed by atoms with Crippen molar-refractivity contribution in [3.63, 3.8) is 0 Å². The van der Waals surface area contributed by atoms with E-state index in [2.05, 4.69) is 10.6 Å². The van der Waals surface area contributed by atoms with Gasteiger partial charge in [-0.1, -0.05) is 29.6 Å². The van der Waals surface area contributed by atoms with Crippen LogP contribution in [-0.2, 0) is 0 Å². The molecule has 1 heterocycles. The van der Waals surface area contributed by atoms with E-state index in [0.717, 1.165) is 12.2 Å². The van der Waals surface area contributed by atoms with Gasteiger partial charge in [0.05, 0.1) is 10.0 Å². The third-order valence-corrected chi connectivity index (χ3v) is 5.13. The largest absolute Gasteiger partial charge is 0.505 e. The van der Waals surface area contributed by atoms with Crippen molar-refractivity contribution in [2.45, 2.75) is 44.2 Å². The minimum atomic E-state index is -0.0423. The zero-order valence-electron chi connectivity index (χ0n) is 11.3. The number of benzene rings is 1. The number of phenols is 1. The van der Waals surface area contributed by atoms with Gasteiger partial charge in [0.25, 0.3) is 0 Å². The summed E-state index contributed by atoms with van der Waals surface area (Å²) in [5.74, 6) is 0.628. The second kappa shape index (κ2) is 6.00. The smallest absolute Gasteiger partial charge is 0.152 e. The lowest BCUT2D eigenvalue weighted by molar-refractivity contribution is 0.376. The topological polar surface area (TPSA) is 44.3 Å². The lowest BCUT2D eigenvalue weighted by Gasteiger charge is -2.27. The summed E-state index contributed by atoms with van der Waals surface area (Å²) in [4.78, 5) is 0. The highest BCUT2D eigenvalue weighted by Crippen LogP contribution is 2.38. The quantitative estimate of drug-likeness (QED) is 0.738. The first-order valence-corrected chi connectivity index (χ1v) is 8.08. The Labute approximate surface area is 129 Å². The Kier molecular flexibility index (Phi) is 4.29. The Bertz CT molecular complexity index is 466. The van der Waals surface area contributed by atoms with Crippen LogP contribution in [0.3, 0.4) is 0 Å². The highest BCUT2D eigenvalue weighted by molar-refractivity contribution is 6.37. The highest BCUT2D eigenvalue weighted by atomic mass is 35.5. The van der Waals surface area contributed by atoms with Crippen LogP contribution in [-0.4, -0.2) is 23.7 Å². The summed E-state index contributed by atoms with van der Waals surface area (Å²) in [5.41, 5.74) is 0.896. The summed E-state index contributed by atoms with van der Waals surface area (Å²) in [6.45, 7) is 1.14. The van der Waals surface area contributed by atoms with Gasteiger partial charge < -0.3 is 15.7 Å². The highest BCUT2D eigenvalue weighted by Gasteiger charge is 2.34. The number of phenolic OH excluding ortho intramolecular Hbond substituents is 1. The van der Waals surface area contributed by atoms with Gasteiger partial charge in [0.1, 0.15) is 0 Å². The van der Waals surface area contributed by atoms with Crippen molar-refractivity contribution in [2.24, 2.45) is 5.92 Å². The molecule has 0 spiro atoms. The van der Waals surface area contributed by atoms with E-state index < -0.39 is 0 Å². The van der Waals surface area contributed by atoms with Crippen LogP contribution in [0, 0.1) is 5.92 Å². The summed E-state index contributed by atoms with van der Waals surface area (Å²) < 4.78 is 0. The van der Waals surface area contributed by atoms with E-state index in [4.69, 9.17) is 23.2 Å². The van der Waals surface area contributed by atoms with Crippen molar-refractivity contribution in [1.29, 1.82) is 0 Å². The molecule has 20 heavy (non-hydrogen) atoms. The molecular weight excluding hydrogens is 295 g/mol. The second-order valence-corrected chi connectivity index (χ2v) is 6.65. The molecule has 0 amide bonds. The molecule has 1 saturated heterocycles. The SMILES string of the molecule is Oc1c(Cl)cc(NC2CCCC2C2CCCN2)cc1Cl. The van der Waals surface area contributed by atoms with E-state index >= 15 is 0 Å². The fourth-order valence-electron chi connectivity index (χ4n) is 3.59. The molecule has 2 fully saturated rings. The molecule has 1 aromatic carbocycles. The molecule has 5 heteroatoms. The van der Waals surface area contributed by atoms with Gasteiger partial charge in [0.2, 0.25) is 0 Å². The molecule has 0 aromatic heterocycles. The summed E-state index contributed by atoms with van der Waals surface area (Å²) in [6.07, 6.45) is 6.28. The van der Waals surface area contributed by atoms with Gasteiger partial charge in [-0.2, -0.15) is 0 Å². The van der Waals surface area contributed by atoms with Crippen LogP contribution >= 0.6 is 23.2 Å². The van der Waals surface area contributed by atoms with E-state index in [-0.39, 0.29) is 5.75 Å². The van der Waals surface area contributed by atoms with Crippen molar-refractivity contribution in [3.8, 4) is 5.75 Å². The lowest BCUT2D eigenvalue weighted by atomic mass is 9.93. The first kappa shape index (κ1) is 14.3. The van der Waals surface area contributed by atoms with E-state index in [1.807, 2.05) is 0 Å². The summed E-state index contributed by atoms with van der Waals surface area (Å²) in [5, 5.41) is 17.4. The molecule has 0 radical (unpaired) electrons. The molecule has 110 valence electrons. The van der Waals surface area contributed by atoms with Crippen LogP contribution < -0.4 is 10.6 Å². The number of halogens is 2. The van der Waals surface area contributed by atoms with E-state index in [1.54, 1.807) is 12.1 Å². The fourth-order valence-corrected chi connectivity index (χ4v) is 4.08. The molecule has 1 aliphatic heterocycles. The van der Waals surface area contributed by atoms with Crippen LogP contribution in [0.4, 0.5) is 5.69 Å².